The van der Waals surface area contributed by atoms with Crippen molar-refractivity contribution in [3.05, 3.63) is 35.4 Å². The van der Waals surface area contributed by atoms with Gasteiger partial charge in [0, 0.05) is 13.1 Å². The maximum Gasteiger partial charge on any atom is 0.0678 e. The highest BCUT2D eigenvalue weighted by Gasteiger charge is 2.21. The predicted molar refractivity (Wildman–Crippen MR) is 85.2 cm³/mol. The van der Waals surface area contributed by atoms with E-state index < -0.39 is 0 Å². The lowest BCUT2D eigenvalue weighted by molar-refractivity contribution is -0.0681. The van der Waals surface area contributed by atoms with E-state index in [1.165, 1.54) is 43.4 Å². The summed E-state index contributed by atoms with van der Waals surface area (Å²) in [5.74, 6) is 0. The molecule has 112 valence electrons. The quantitative estimate of drug-likeness (QED) is 0.732. The van der Waals surface area contributed by atoms with Gasteiger partial charge in [-0.2, -0.15) is 0 Å². The Hall–Kier alpha value is -0.860. The molecule has 1 heterocycles. The van der Waals surface area contributed by atoms with Gasteiger partial charge in [0.2, 0.25) is 0 Å². The summed E-state index contributed by atoms with van der Waals surface area (Å²) in [5, 5.41) is 0. The molecular formula is C18H29NO. The van der Waals surface area contributed by atoms with Gasteiger partial charge >= 0.3 is 0 Å². The van der Waals surface area contributed by atoms with Crippen molar-refractivity contribution in [1.29, 1.82) is 0 Å². The van der Waals surface area contributed by atoms with E-state index in [1.807, 2.05) is 0 Å². The van der Waals surface area contributed by atoms with E-state index in [-0.39, 0.29) is 0 Å². The SMILES string of the molecule is Cc1ccc(CCCCCN2CC(C)OC(C)C2)cc1. The molecule has 20 heavy (non-hydrogen) atoms. The van der Waals surface area contributed by atoms with Gasteiger partial charge < -0.3 is 4.74 Å². The lowest BCUT2D eigenvalue weighted by atomic mass is 10.1. The van der Waals surface area contributed by atoms with Crippen LogP contribution in [0.1, 0.15) is 44.2 Å². The number of benzene rings is 1. The van der Waals surface area contributed by atoms with Crippen LogP contribution in [0.15, 0.2) is 24.3 Å². The number of hydrogen-bond donors (Lipinski definition) is 0. The summed E-state index contributed by atoms with van der Waals surface area (Å²) in [5.41, 5.74) is 2.83. The van der Waals surface area contributed by atoms with Crippen molar-refractivity contribution >= 4 is 0 Å². The zero-order valence-corrected chi connectivity index (χ0v) is 13.3. The molecule has 0 aromatic heterocycles. The highest BCUT2D eigenvalue weighted by atomic mass is 16.5. The Bertz CT molecular complexity index is 377. The number of rotatable bonds is 6. The van der Waals surface area contributed by atoms with E-state index >= 15 is 0 Å². The molecule has 1 aliphatic rings. The molecule has 0 radical (unpaired) electrons. The Morgan fingerprint density at radius 1 is 1.00 bits per heavy atom. The average molecular weight is 275 g/mol. The summed E-state index contributed by atoms with van der Waals surface area (Å²) in [6, 6.07) is 8.96. The van der Waals surface area contributed by atoms with E-state index in [4.69, 9.17) is 4.74 Å². The standard InChI is InChI=1S/C18H29NO/c1-15-8-10-18(11-9-15)7-5-4-6-12-19-13-16(2)20-17(3)14-19/h8-11,16-17H,4-7,12-14H2,1-3H3. The van der Waals surface area contributed by atoms with E-state index in [9.17, 15) is 0 Å². The molecule has 1 saturated heterocycles. The topological polar surface area (TPSA) is 12.5 Å². The van der Waals surface area contributed by atoms with Crippen LogP contribution in [0, 0.1) is 6.92 Å². The van der Waals surface area contributed by atoms with Crippen molar-refractivity contribution < 1.29 is 4.74 Å². The third kappa shape index (κ3) is 5.26. The van der Waals surface area contributed by atoms with Gasteiger partial charge in [-0.3, -0.25) is 4.90 Å². The van der Waals surface area contributed by atoms with Crippen molar-refractivity contribution in [2.75, 3.05) is 19.6 Å². The third-order valence-corrected chi connectivity index (χ3v) is 4.06. The van der Waals surface area contributed by atoms with E-state index in [0.29, 0.717) is 12.2 Å². The molecular weight excluding hydrogens is 246 g/mol. The number of hydrogen-bond acceptors (Lipinski definition) is 2. The van der Waals surface area contributed by atoms with Crippen LogP contribution in [-0.2, 0) is 11.2 Å². The lowest BCUT2D eigenvalue weighted by Crippen LogP contribution is -2.45. The van der Waals surface area contributed by atoms with E-state index in [2.05, 4.69) is 49.9 Å². The highest BCUT2D eigenvalue weighted by molar-refractivity contribution is 5.21. The zero-order valence-electron chi connectivity index (χ0n) is 13.3. The maximum absolute atomic E-state index is 5.77. The number of ether oxygens (including phenoxy) is 1. The van der Waals surface area contributed by atoms with Crippen molar-refractivity contribution in [2.45, 2.75) is 58.7 Å². The fourth-order valence-corrected chi connectivity index (χ4v) is 3.06. The van der Waals surface area contributed by atoms with Gasteiger partial charge in [0.15, 0.2) is 0 Å². The van der Waals surface area contributed by atoms with Gasteiger partial charge in [-0.05, 0) is 52.1 Å². The van der Waals surface area contributed by atoms with Crippen LogP contribution in [-0.4, -0.2) is 36.7 Å². The Balaban J connectivity index is 1.58. The van der Waals surface area contributed by atoms with Crippen molar-refractivity contribution in [1.82, 2.24) is 4.90 Å². The minimum absolute atomic E-state index is 0.395. The van der Waals surface area contributed by atoms with Gasteiger partial charge in [-0.25, -0.2) is 0 Å². The van der Waals surface area contributed by atoms with Crippen molar-refractivity contribution in [3.8, 4) is 0 Å². The van der Waals surface area contributed by atoms with Gasteiger partial charge in [0.25, 0.3) is 0 Å². The minimum atomic E-state index is 0.395. The van der Waals surface area contributed by atoms with Crippen LogP contribution in [0.4, 0.5) is 0 Å². The van der Waals surface area contributed by atoms with Crippen LogP contribution in [0.2, 0.25) is 0 Å². The molecule has 2 atom stereocenters. The second kappa shape index (κ2) is 7.80. The Morgan fingerprint density at radius 3 is 2.30 bits per heavy atom. The first-order valence-electron chi connectivity index (χ1n) is 8.07. The fourth-order valence-electron chi connectivity index (χ4n) is 3.06. The van der Waals surface area contributed by atoms with Gasteiger partial charge in [-0.15, -0.1) is 0 Å². The summed E-state index contributed by atoms with van der Waals surface area (Å²) in [6.45, 7) is 9.94. The summed E-state index contributed by atoms with van der Waals surface area (Å²) in [7, 11) is 0. The Labute approximate surface area is 124 Å². The largest absolute Gasteiger partial charge is 0.373 e. The van der Waals surface area contributed by atoms with Crippen LogP contribution < -0.4 is 0 Å². The summed E-state index contributed by atoms with van der Waals surface area (Å²) < 4.78 is 5.77. The fraction of sp³-hybridized carbons (Fsp3) is 0.667. The first-order valence-corrected chi connectivity index (χ1v) is 8.07. The molecule has 0 saturated carbocycles. The highest BCUT2D eigenvalue weighted by Crippen LogP contribution is 2.13. The van der Waals surface area contributed by atoms with E-state index in [1.54, 1.807) is 0 Å². The number of unbranched alkanes of at least 4 members (excludes halogenated alkanes) is 2. The first kappa shape index (κ1) is 15.5. The second-order valence-corrected chi connectivity index (χ2v) is 6.31. The molecule has 1 fully saturated rings. The Kier molecular flexibility index (Phi) is 6.06. The minimum Gasteiger partial charge on any atom is -0.373 e. The number of morpholine rings is 1. The Morgan fingerprint density at radius 2 is 1.65 bits per heavy atom. The molecule has 0 bridgehead atoms. The first-order chi connectivity index (χ1) is 9.63. The second-order valence-electron chi connectivity index (χ2n) is 6.31. The molecule has 0 aliphatic carbocycles. The van der Waals surface area contributed by atoms with Gasteiger partial charge in [0.05, 0.1) is 12.2 Å². The van der Waals surface area contributed by atoms with Crippen LogP contribution >= 0.6 is 0 Å². The van der Waals surface area contributed by atoms with Gasteiger partial charge in [0.1, 0.15) is 0 Å². The normalized spacial score (nSPS) is 23.9. The summed E-state index contributed by atoms with van der Waals surface area (Å²) >= 11 is 0. The molecule has 0 spiro atoms. The molecule has 1 aliphatic heterocycles. The maximum atomic E-state index is 5.77. The molecule has 1 aromatic rings. The molecule has 0 N–H and O–H groups in total. The van der Waals surface area contributed by atoms with Crippen molar-refractivity contribution in [3.63, 3.8) is 0 Å². The smallest absolute Gasteiger partial charge is 0.0678 e. The lowest BCUT2D eigenvalue weighted by Gasteiger charge is -2.35. The zero-order chi connectivity index (χ0) is 14.4. The number of nitrogens with zero attached hydrogens (tertiary/aromatic N) is 1. The van der Waals surface area contributed by atoms with Crippen LogP contribution in [0.25, 0.3) is 0 Å². The molecule has 2 unspecified atom stereocenters. The van der Waals surface area contributed by atoms with Gasteiger partial charge in [-0.1, -0.05) is 36.2 Å². The van der Waals surface area contributed by atoms with Crippen LogP contribution in [0.5, 0.6) is 0 Å². The van der Waals surface area contributed by atoms with Crippen LogP contribution in [0.3, 0.4) is 0 Å². The molecule has 2 heteroatoms. The molecule has 2 nitrogen and oxygen atoms in total. The molecule has 0 amide bonds. The summed E-state index contributed by atoms with van der Waals surface area (Å²) in [6.07, 6.45) is 5.95. The number of aryl methyl sites for hydroxylation is 2. The molecule has 2 rings (SSSR count). The average Bonchev–Trinajstić information content (AvgIpc) is 2.39. The predicted octanol–water partition coefficient (Wildman–Crippen LogP) is 3.82. The monoisotopic (exact) mass is 275 g/mol. The van der Waals surface area contributed by atoms with E-state index in [0.717, 1.165) is 13.1 Å². The van der Waals surface area contributed by atoms with Crippen molar-refractivity contribution in [2.24, 2.45) is 0 Å². The molecule has 1 aromatic carbocycles. The summed E-state index contributed by atoms with van der Waals surface area (Å²) in [4.78, 5) is 2.56. The third-order valence-electron chi connectivity index (χ3n) is 4.06.